The van der Waals surface area contributed by atoms with Gasteiger partial charge in [0.1, 0.15) is 11.7 Å². The molecule has 0 N–H and O–H groups in total. The molecule has 160 valence electrons. The van der Waals surface area contributed by atoms with E-state index in [9.17, 15) is 24.1 Å². The van der Waals surface area contributed by atoms with Gasteiger partial charge in [-0.05, 0) is 42.0 Å². The van der Waals surface area contributed by atoms with Gasteiger partial charge in [-0.25, -0.2) is 14.4 Å². The van der Waals surface area contributed by atoms with Crippen LogP contribution in [0.1, 0.15) is 11.6 Å². The molecular formula is C23H16FN3O5. The molecule has 8 nitrogen and oxygen atoms in total. The van der Waals surface area contributed by atoms with Crippen molar-refractivity contribution in [2.75, 3.05) is 9.96 Å². The van der Waals surface area contributed by atoms with Crippen LogP contribution in [-0.2, 0) is 14.4 Å². The van der Waals surface area contributed by atoms with E-state index in [1.165, 1.54) is 41.5 Å². The number of para-hydroxylation sites is 1. The number of amides is 2. The zero-order chi connectivity index (χ0) is 22.4. The van der Waals surface area contributed by atoms with Gasteiger partial charge in [0.25, 0.3) is 11.6 Å². The minimum absolute atomic E-state index is 0.0859. The molecule has 9 heteroatoms. The average Bonchev–Trinajstić information content (AvgIpc) is 3.31. The number of nitrogens with zero attached hydrogens (tertiary/aromatic N) is 3. The van der Waals surface area contributed by atoms with Crippen molar-refractivity contribution in [3.63, 3.8) is 0 Å². The first-order chi connectivity index (χ1) is 15.5. The van der Waals surface area contributed by atoms with Crippen LogP contribution in [0.5, 0.6) is 0 Å². The molecule has 0 spiro atoms. The summed E-state index contributed by atoms with van der Waals surface area (Å²) >= 11 is 0. The smallest absolute Gasteiger partial charge is 0.269 e. The first-order valence-electron chi connectivity index (χ1n) is 9.84. The second kappa shape index (κ2) is 7.54. The van der Waals surface area contributed by atoms with E-state index in [1.54, 1.807) is 36.4 Å². The molecule has 2 heterocycles. The van der Waals surface area contributed by atoms with Crippen LogP contribution in [0.3, 0.4) is 0 Å². The Morgan fingerprint density at radius 2 is 1.50 bits per heavy atom. The second-order valence-electron chi connectivity index (χ2n) is 7.49. The summed E-state index contributed by atoms with van der Waals surface area (Å²) in [6.07, 6.45) is -1.08. The molecule has 2 fully saturated rings. The molecule has 32 heavy (non-hydrogen) atoms. The molecule has 0 aromatic heterocycles. The number of hydrogen-bond donors (Lipinski definition) is 0. The third-order valence-electron chi connectivity index (χ3n) is 5.66. The van der Waals surface area contributed by atoms with Crippen molar-refractivity contribution < 1.29 is 23.7 Å². The Kier molecular flexibility index (Phi) is 4.67. The van der Waals surface area contributed by atoms with E-state index >= 15 is 0 Å². The molecule has 0 saturated carbocycles. The topological polar surface area (TPSA) is 93.0 Å². The maximum absolute atomic E-state index is 13.4. The number of carbonyl (C=O) groups excluding carboxylic acids is 2. The van der Waals surface area contributed by atoms with Crippen LogP contribution >= 0.6 is 0 Å². The van der Waals surface area contributed by atoms with Gasteiger partial charge in [-0.2, -0.15) is 0 Å². The fourth-order valence-corrected chi connectivity index (χ4v) is 4.19. The molecular weight excluding hydrogens is 417 g/mol. The number of rotatable bonds is 4. The Morgan fingerprint density at radius 1 is 0.844 bits per heavy atom. The van der Waals surface area contributed by atoms with Crippen molar-refractivity contribution in [1.82, 2.24) is 0 Å². The predicted octanol–water partition coefficient (Wildman–Crippen LogP) is 3.79. The van der Waals surface area contributed by atoms with Gasteiger partial charge >= 0.3 is 0 Å². The summed E-state index contributed by atoms with van der Waals surface area (Å²) in [5.41, 5.74) is 1.40. The summed E-state index contributed by atoms with van der Waals surface area (Å²) in [5.74, 6) is -2.39. The first-order valence-corrected chi connectivity index (χ1v) is 9.84. The van der Waals surface area contributed by atoms with Crippen LogP contribution < -0.4 is 9.96 Å². The summed E-state index contributed by atoms with van der Waals surface area (Å²) in [5, 5.41) is 12.6. The van der Waals surface area contributed by atoms with Gasteiger partial charge in [0, 0.05) is 12.1 Å². The summed E-state index contributed by atoms with van der Waals surface area (Å²) in [7, 11) is 0. The standard InChI is InChI=1S/C23H16FN3O5/c24-15-8-12-16(13-9-15)25-22(28)19-20(14-6-10-18(11-7-14)27(30)31)26(32-21(19)23(25)29)17-4-2-1-3-5-17/h1-13,19-21H/t19-,20+,21+/m0/s1. The number of fused-ring (bicyclic) bond motifs is 1. The second-order valence-corrected chi connectivity index (χ2v) is 7.49. The van der Waals surface area contributed by atoms with Crippen molar-refractivity contribution >= 4 is 28.9 Å². The molecule has 3 atom stereocenters. The minimum Gasteiger partial charge on any atom is -0.273 e. The van der Waals surface area contributed by atoms with Gasteiger partial charge in [-0.15, -0.1) is 0 Å². The van der Waals surface area contributed by atoms with Gasteiger partial charge in [0.2, 0.25) is 5.91 Å². The normalized spacial score (nSPS) is 22.3. The molecule has 0 aliphatic carbocycles. The van der Waals surface area contributed by atoms with Crippen LogP contribution in [0, 0.1) is 21.8 Å². The molecule has 3 aromatic carbocycles. The number of anilines is 2. The molecule has 2 aliphatic heterocycles. The Labute approximate surface area is 181 Å². The van der Waals surface area contributed by atoms with Gasteiger partial charge in [-0.3, -0.25) is 24.5 Å². The highest BCUT2D eigenvalue weighted by molar-refractivity contribution is 6.23. The van der Waals surface area contributed by atoms with Crippen molar-refractivity contribution in [3.05, 3.63) is 100 Å². The molecule has 3 aromatic rings. The van der Waals surface area contributed by atoms with E-state index in [-0.39, 0.29) is 11.4 Å². The summed E-state index contributed by atoms with van der Waals surface area (Å²) in [6.45, 7) is 0. The van der Waals surface area contributed by atoms with Crippen molar-refractivity contribution in [2.45, 2.75) is 12.1 Å². The van der Waals surface area contributed by atoms with Crippen molar-refractivity contribution in [1.29, 1.82) is 0 Å². The maximum Gasteiger partial charge on any atom is 0.269 e. The van der Waals surface area contributed by atoms with Crippen LogP contribution in [0.25, 0.3) is 0 Å². The van der Waals surface area contributed by atoms with E-state index in [0.29, 0.717) is 11.3 Å². The Hall–Kier alpha value is -4.11. The molecule has 5 rings (SSSR count). The lowest BCUT2D eigenvalue weighted by Crippen LogP contribution is -2.37. The number of imide groups is 1. The number of nitro groups is 1. The molecule has 2 amide bonds. The summed E-state index contributed by atoms with van der Waals surface area (Å²) in [6, 6.07) is 19.2. The minimum atomic E-state index is -1.08. The Balaban J connectivity index is 1.57. The fourth-order valence-electron chi connectivity index (χ4n) is 4.19. The van der Waals surface area contributed by atoms with E-state index in [0.717, 1.165) is 4.90 Å². The molecule has 2 saturated heterocycles. The summed E-state index contributed by atoms with van der Waals surface area (Å²) < 4.78 is 13.3. The van der Waals surface area contributed by atoms with E-state index in [2.05, 4.69) is 0 Å². The Morgan fingerprint density at radius 3 is 2.12 bits per heavy atom. The molecule has 2 aliphatic rings. The van der Waals surface area contributed by atoms with Gasteiger partial charge in [0.05, 0.1) is 22.3 Å². The molecule has 0 radical (unpaired) electrons. The third-order valence-corrected chi connectivity index (χ3v) is 5.66. The van der Waals surface area contributed by atoms with Crippen LogP contribution in [0.4, 0.5) is 21.5 Å². The fraction of sp³-hybridized carbons (Fsp3) is 0.130. The monoisotopic (exact) mass is 433 g/mol. The number of hydroxylamine groups is 1. The lowest BCUT2D eigenvalue weighted by atomic mass is 9.90. The zero-order valence-corrected chi connectivity index (χ0v) is 16.5. The summed E-state index contributed by atoms with van der Waals surface area (Å²) in [4.78, 5) is 44.1. The van der Waals surface area contributed by atoms with Crippen LogP contribution in [0.15, 0.2) is 78.9 Å². The highest BCUT2D eigenvalue weighted by atomic mass is 19.1. The van der Waals surface area contributed by atoms with Gasteiger partial charge in [0.15, 0.2) is 6.10 Å². The number of hydrogen-bond acceptors (Lipinski definition) is 6. The largest absolute Gasteiger partial charge is 0.273 e. The lowest BCUT2D eigenvalue weighted by molar-refractivity contribution is -0.384. The number of nitro benzene ring substituents is 1. The maximum atomic E-state index is 13.4. The SMILES string of the molecule is O=C1[C@H]2[C@@H](c3ccc([N+](=O)[O-])cc3)N(c3ccccc3)O[C@H]2C(=O)N1c1ccc(F)cc1. The average molecular weight is 433 g/mol. The van der Waals surface area contributed by atoms with E-state index in [4.69, 9.17) is 4.84 Å². The highest BCUT2D eigenvalue weighted by Gasteiger charge is 2.60. The van der Waals surface area contributed by atoms with Gasteiger partial charge < -0.3 is 0 Å². The van der Waals surface area contributed by atoms with E-state index < -0.39 is 40.6 Å². The quantitative estimate of drug-likeness (QED) is 0.353. The lowest BCUT2D eigenvalue weighted by Gasteiger charge is -2.28. The predicted molar refractivity (Wildman–Crippen MR) is 112 cm³/mol. The van der Waals surface area contributed by atoms with Crippen LogP contribution in [0.2, 0.25) is 0 Å². The van der Waals surface area contributed by atoms with E-state index in [1.807, 2.05) is 6.07 Å². The highest BCUT2D eigenvalue weighted by Crippen LogP contribution is 2.47. The van der Waals surface area contributed by atoms with Crippen LogP contribution in [-0.4, -0.2) is 22.8 Å². The van der Waals surface area contributed by atoms with Crippen molar-refractivity contribution in [3.8, 4) is 0 Å². The van der Waals surface area contributed by atoms with Crippen molar-refractivity contribution in [2.24, 2.45) is 5.92 Å². The first kappa shape index (κ1) is 19.8. The number of benzene rings is 3. The number of halogens is 1. The molecule has 0 bridgehead atoms. The third kappa shape index (κ3) is 3.10. The Bertz CT molecular complexity index is 1200. The molecule has 0 unspecified atom stereocenters. The zero-order valence-electron chi connectivity index (χ0n) is 16.5. The van der Waals surface area contributed by atoms with Gasteiger partial charge in [-0.1, -0.05) is 30.3 Å². The number of carbonyl (C=O) groups is 2. The number of non-ortho nitro benzene ring substituents is 1.